The predicted octanol–water partition coefficient (Wildman–Crippen LogP) is 2.61. The summed E-state index contributed by atoms with van der Waals surface area (Å²) in [6.07, 6.45) is 1.54. The molecule has 6 nitrogen and oxygen atoms in total. The Morgan fingerprint density at radius 1 is 1.56 bits per heavy atom. The lowest BCUT2D eigenvalue weighted by atomic mass is 10.2. The summed E-state index contributed by atoms with van der Waals surface area (Å²) in [5, 5.41) is 6.76. The fourth-order valence-electron chi connectivity index (χ4n) is 1.39. The van der Waals surface area contributed by atoms with E-state index in [0.717, 1.165) is 19.4 Å². The normalized spacial score (nSPS) is 11.3. The molecule has 0 saturated carbocycles. The van der Waals surface area contributed by atoms with E-state index in [9.17, 15) is 4.79 Å². The standard InChI is InChI=1S/C12H22N4O2/c1-5-6-7-16-9(13)8-10(15-16)14-11(17)18-12(2,3)4/h8H,5-7,13H2,1-4H3,(H,14,15,17). The van der Waals surface area contributed by atoms with Gasteiger partial charge in [-0.15, -0.1) is 0 Å². The number of aryl methyl sites for hydroxylation is 1. The minimum Gasteiger partial charge on any atom is -0.444 e. The van der Waals surface area contributed by atoms with Crippen molar-refractivity contribution in [2.24, 2.45) is 0 Å². The molecule has 0 saturated heterocycles. The van der Waals surface area contributed by atoms with E-state index in [4.69, 9.17) is 10.5 Å². The van der Waals surface area contributed by atoms with E-state index in [-0.39, 0.29) is 0 Å². The fourth-order valence-corrected chi connectivity index (χ4v) is 1.39. The van der Waals surface area contributed by atoms with Crippen molar-refractivity contribution in [3.05, 3.63) is 6.07 Å². The quantitative estimate of drug-likeness (QED) is 0.865. The summed E-state index contributed by atoms with van der Waals surface area (Å²) in [4.78, 5) is 11.5. The van der Waals surface area contributed by atoms with Crippen LogP contribution in [0.4, 0.5) is 16.4 Å². The number of anilines is 2. The molecule has 0 aliphatic rings. The second kappa shape index (κ2) is 5.75. The topological polar surface area (TPSA) is 82.2 Å². The van der Waals surface area contributed by atoms with Gasteiger partial charge in [0.1, 0.15) is 11.4 Å². The van der Waals surface area contributed by atoms with Crippen molar-refractivity contribution < 1.29 is 9.53 Å². The van der Waals surface area contributed by atoms with Crippen molar-refractivity contribution in [2.75, 3.05) is 11.1 Å². The van der Waals surface area contributed by atoms with E-state index in [1.165, 1.54) is 0 Å². The molecule has 18 heavy (non-hydrogen) atoms. The number of hydrogen-bond acceptors (Lipinski definition) is 4. The first-order valence-electron chi connectivity index (χ1n) is 6.15. The predicted molar refractivity (Wildman–Crippen MR) is 71.4 cm³/mol. The van der Waals surface area contributed by atoms with Crippen LogP contribution in [-0.2, 0) is 11.3 Å². The maximum atomic E-state index is 11.5. The number of hydrogen-bond donors (Lipinski definition) is 2. The lowest BCUT2D eigenvalue weighted by Crippen LogP contribution is -2.27. The minimum absolute atomic E-state index is 0.415. The average Bonchev–Trinajstić information content (AvgIpc) is 2.52. The summed E-state index contributed by atoms with van der Waals surface area (Å²) in [7, 11) is 0. The molecule has 3 N–H and O–H groups in total. The Labute approximate surface area is 107 Å². The molecule has 1 amide bonds. The van der Waals surface area contributed by atoms with Crippen LogP contribution < -0.4 is 11.1 Å². The highest BCUT2D eigenvalue weighted by Crippen LogP contribution is 2.14. The minimum atomic E-state index is -0.527. The van der Waals surface area contributed by atoms with Gasteiger partial charge in [0.25, 0.3) is 0 Å². The third-order valence-corrected chi connectivity index (χ3v) is 2.16. The number of nitrogens with zero attached hydrogens (tertiary/aromatic N) is 2. The van der Waals surface area contributed by atoms with Gasteiger partial charge in [-0.25, -0.2) is 9.48 Å². The lowest BCUT2D eigenvalue weighted by molar-refractivity contribution is 0.0635. The van der Waals surface area contributed by atoms with E-state index in [2.05, 4.69) is 17.3 Å². The van der Waals surface area contributed by atoms with Gasteiger partial charge in [0.05, 0.1) is 0 Å². The van der Waals surface area contributed by atoms with E-state index in [0.29, 0.717) is 11.6 Å². The molecule has 0 atom stereocenters. The van der Waals surface area contributed by atoms with Gasteiger partial charge in [-0.1, -0.05) is 13.3 Å². The Bertz CT molecular complexity index is 407. The molecule has 0 unspecified atom stereocenters. The first kappa shape index (κ1) is 14.3. The van der Waals surface area contributed by atoms with Gasteiger partial charge < -0.3 is 10.5 Å². The monoisotopic (exact) mass is 254 g/mol. The molecular weight excluding hydrogens is 232 g/mol. The zero-order valence-corrected chi connectivity index (χ0v) is 11.5. The van der Waals surface area contributed by atoms with Gasteiger partial charge in [0.15, 0.2) is 5.82 Å². The molecule has 1 aromatic rings. The van der Waals surface area contributed by atoms with Crippen LogP contribution in [-0.4, -0.2) is 21.5 Å². The van der Waals surface area contributed by atoms with Gasteiger partial charge in [-0.05, 0) is 27.2 Å². The van der Waals surface area contributed by atoms with Crippen LogP contribution in [0, 0.1) is 0 Å². The molecule has 102 valence electrons. The number of ether oxygens (including phenoxy) is 1. The third kappa shape index (κ3) is 4.65. The molecule has 0 radical (unpaired) electrons. The molecule has 6 heteroatoms. The van der Waals surface area contributed by atoms with Crippen LogP contribution in [0.5, 0.6) is 0 Å². The Hall–Kier alpha value is -1.72. The molecule has 0 aliphatic carbocycles. The maximum absolute atomic E-state index is 11.5. The molecular formula is C12H22N4O2. The highest BCUT2D eigenvalue weighted by atomic mass is 16.6. The summed E-state index contributed by atoms with van der Waals surface area (Å²) in [5.41, 5.74) is 5.27. The molecule has 1 aromatic heterocycles. The number of amides is 1. The largest absolute Gasteiger partial charge is 0.444 e. The number of nitrogen functional groups attached to an aromatic ring is 1. The molecule has 0 aromatic carbocycles. The Morgan fingerprint density at radius 2 is 2.22 bits per heavy atom. The first-order valence-corrected chi connectivity index (χ1v) is 6.15. The molecule has 0 aliphatic heterocycles. The average molecular weight is 254 g/mol. The van der Waals surface area contributed by atoms with Crippen molar-refractivity contribution in [2.45, 2.75) is 52.7 Å². The number of rotatable bonds is 4. The number of carbonyl (C=O) groups excluding carboxylic acids is 1. The van der Waals surface area contributed by atoms with Crippen LogP contribution in [0.25, 0.3) is 0 Å². The van der Waals surface area contributed by atoms with E-state index in [1.54, 1.807) is 31.5 Å². The van der Waals surface area contributed by atoms with Gasteiger partial charge >= 0.3 is 6.09 Å². The number of unbranched alkanes of at least 4 members (excludes halogenated alkanes) is 1. The third-order valence-electron chi connectivity index (χ3n) is 2.16. The summed E-state index contributed by atoms with van der Waals surface area (Å²) >= 11 is 0. The highest BCUT2D eigenvalue weighted by molar-refractivity contribution is 5.84. The van der Waals surface area contributed by atoms with E-state index in [1.807, 2.05) is 0 Å². The van der Waals surface area contributed by atoms with E-state index < -0.39 is 11.7 Å². The van der Waals surface area contributed by atoms with Crippen LogP contribution >= 0.6 is 0 Å². The van der Waals surface area contributed by atoms with E-state index >= 15 is 0 Å². The Kier molecular flexibility index (Phi) is 4.58. The van der Waals surface area contributed by atoms with Gasteiger partial charge in [-0.2, -0.15) is 5.10 Å². The van der Waals surface area contributed by atoms with Crippen molar-refractivity contribution >= 4 is 17.7 Å². The second-order valence-electron chi connectivity index (χ2n) is 5.16. The molecule has 1 heterocycles. The number of nitrogens with one attached hydrogen (secondary N) is 1. The smallest absolute Gasteiger partial charge is 0.413 e. The van der Waals surface area contributed by atoms with Gasteiger partial charge in [-0.3, -0.25) is 5.32 Å². The van der Waals surface area contributed by atoms with Crippen molar-refractivity contribution in [3.63, 3.8) is 0 Å². The van der Waals surface area contributed by atoms with Crippen molar-refractivity contribution in [1.29, 1.82) is 0 Å². The van der Waals surface area contributed by atoms with Crippen molar-refractivity contribution in [3.8, 4) is 0 Å². The fraction of sp³-hybridized carbons (Fsp3) is 0.667. The van der Waals surface area contributed by atoms with Crippen LogP contribution in [0.15, 0.2) is 6.07 Å². The maximum Gasteiger partial charge on any atom is 0.413 e. The first-order chi connectivity index (χ1) is 8.31. The SMILES string of the molecule is CCCCn1nc(NC(=O)OC(C)(C)C)cc1N. The zero-order chi connectivity index (χ0) is 13.8. The molecule has 0 fully saturated rings. The van der Waals surface area contributed by atoms with Gasteiger partial charge in [0.2, 0.25) is 0 Å². The van der Waals surface area contributed by atoms with Crippen LogP contribution in [0.3, 0.4) is 0 Å². The number of aromatic nitrogens is 2. The Morgan fingerprint density at radius 3 is 2.78 bits per heavy atom. The van der Waals surface area contributed by atoms with Crippen LogP contribution in [0.1, 0.15) is 40.5 Å². The molecule has 0 spiro atoms. The summed E-state index contributed by atoms with van der Waals surface area (Å²) in [5.74, 6) is 0.951. The summed E-state index contributed by atoms with van der Waals surface area (Å²) in [6, 6.07) is 1.62. The van der Waals surface area contributed by atoms with Crippen molar-refractivity contribution in [1.82, 2.24) is 9.78 Å². The summed E-state index contributed by atoms with van der Waals surface area (Å²) in [6.45, 7) is 8.26. The molecule has 1 rings (SSSR count). The zero-order valence-electron chi connectivity index (χ0n) is 11.5. The second-order valence-corrected chi connectivity index (χ2v) is 5.16. The lowest BCUT2D eigenvalue weighted by Gasteiger charge is -2.18. The molecule has 0 bridgehead atoms. The highest BCUT2D eigenvalue weighted by Gasteiger charge is 2.17. The van der Waals surface area contributed by atoms with Crippen LogP contribution in [0.2, 0.25) is 0 Å². The van der Waals surface area contributed by atoms with Gasteiger partial charge in [0, 0.05) is 12.6 Å². The summed E-state index contributed by atoms with van der Waals surface area (Å²) < 4.78 is 6.81. The Balaban J connectivity index is 2.60. The number of carbonyl (C=O) groups is 1. The number of nitrogens with two attached hydrogens (primary N) is 1.